The van der Waals surface area contributed by atoms with Crippen LogP contribution in [-0.2, 0) is 0 Å². The Kier molecular flexibility index (Phi) is 2.69. The highest BCUT2D eigenvalue weighted by Gasteiger charge is 2.27. The van der Waals surface area contributed by atoms with Crippen LogP contribution in [-0.4, -0.2) is 24.3 Å². The molecule has 2 heteroatoms. The first-order valence-corrected chi connectivity index (χ1v) is 4.10. The Morgan fingerprint density at radius 1 is 1.60 bits per heavy atom. The summed E-state index contributed by atoms with van der Waals surface area (Å²) in [5.41, 5.74) is 0. The monoisotopic (exact) mass is 143 g/mol. The van der Waals surface area contributed by atoms with Crippen LogP contribution in [0.15, 0.2) is 0 Å². The van der Waals surface area contributed by atoms with Gasteiger partial charge in [-0.2, -0.15) is 0 Å². The van der Waals surface area contributed by atoms with Crippen LogP contribution >= 0.6 is 0 Å². The maximum absolute atomic E-state index is 8.92. The first-order chi connectivity index (χ1) is 4.75. The van der Waals surface area contributed by atoms with E-state index < -0.39 is 0 Å². The molecule has 0 aromatic heterocycles. The number of hydrogen-bond donors (Lipinski definition) is 2. The lowest BCUT2D eigenvalue weighted by molar-refractivity contribution is 0.205. The van der Waals surface area contributed by atoms with Crippen LogP contribution < -0.4 is 5.32 Å². The van der Waals surface area contributed by atoms with Gasteiger partial charge < -0.3 is 10.4 Å². The van der Waals surface area contributed by atoms with E-state index in [1.54, 1.807) is 0 Å². The lowest BCUT2D eigenvalue weighted by Gasteiger charge is -2.20. The predicted octanol–water partition coefficient (Wildman–Crippen LogP) is 0.613. The standard InChI is InChI=1S/C8H17NO/c1-6(2)7-3-4-9-8(7)5-10/h6-10H,3-5H2,1-2H3/t7-,8-/m1/s1. The van der Waals surface area contributed by atoms with E-state index >= 15 is 0 Å². The lowest BCUT2D eigenvalue weighted by Crippen LogP contribution is -2.32. The molecule has 1 fully saturated rings. The molecule has 1 heterocycles. The van der Waals surface area contributed by atoms with E-state index in [4.69, 9.17) is 5.11 Å². The van der Waals surface area contributed by atoms with Gasteiger partial charge >= 0.3 is 0 Å². The van der Waals surface area contributed by atoms with Crippen molar-refractivity contribution in [1.29, 1.82) is 0 Å². The Morgan fingerprint density at radius 3 is 2.70 bits per heavy atom. The summed E-state index contributed by atoms with van der Waals surface area (Å²) in [6, 6.07) is 0.361. The van der Waals surface area contributed by atoms with E-state index in [1.165, 1.54) is 6.42 Å². The van der Waals surface area contributed by atoms with Gasteiger partial charge in [-0.15, -0.1) is 0 Å². The van der Waals surface area contributed by atoms with Gasteiger partial charge in [0.2, 0.25) is 0 Å². The van der Waals surface area contributed by atoms with E-state index in [-0.39, 0.29) is 0 Å². The Hall–Kier alpha value is -0.0800. The molecular weight excluding hydrogens is 126 g/mol. The average Bonchev–Trinajstić information content (AvgIpc) is 2.33. The summed E-state index contributed by atoms with van der Waals surface area (Å²) in [6.07, 6.45) is 1.23. The highest BCUT2D eigenvalue weighted by molar-refractivity contribution is 4.84. The van der Waals surface area contributed by atoms with Gasteiger partial charge in [-0.25, -0.2) is 0 Å². The van der Waals surface area contributed by atoms with Gasteiger partial charge in [0.15, 0.2) is 0 Å². The summed E-state index contributed by atoms with van der Waals surface area (Å²) in [5, 5.41) is 12.2. The minimum atomic E-state index is 0.294. The van der Waals surface area contributed by atoms with Crippen molar-refractivity contribution in [3.05, 3.63) is 0 Å². The third-order valence-corrected chi connectivity index (χ3v) is 2.45. The Morgan fingerprint density at radius 2 is 2.30 bits per heavy atom. The second kappa shape index (κ2) is 3.35. The van der Waals surface area contributed by atoms with E-state index in [9.17, 15) is 0 Å². The smallest absolute Gasteiger partial charge is 0.0587 e. The van der Waals surface area contributed by atoms with Crippen molar-refractivity contribution in [2.75, 3.05) is 13.2 Å². The molecule has 0 aromatic rings. The topological polar surface area (TPSA) is 32.3 Å². The fourth-order valence-electron chi connectivity index (χ4n) is 1.79. The highest BCUT2D eigenvalue weighted by Crippen LogP contribution is 2.23. The third kappa shape index (κ3) is 1.50. The number of hydrogen-bond acceptors (Lipinski definition) is 2. The molecule has 0 aliphatic carbocycles. The van der Waals surface area contributed by atoms with E-state index in [0.29, 0.717) is 24.5 Å². The highest BCUT2D eigenvalue weighted by atomic mass is 16.3. The van der Waals surface area contributed by atoms with Crippen LogP contribution in [0.1, 0.15) is 20.3 Å². The maximum atomic E-state index is 8.92. The predicted molar refractivity (Wildman–Crippen MR) is 41.8 cm³/mol. The molecule has 0 saturated carbocycles. The van der Waals surface area contributed by atoms with Gasteiger partial charge in [0.25, 0.3) is 0 Å². The second-order valence-corrected chi connectivity index (χ2v) is 3.44. The van der Waals surface area contributed by atoms with E-state index in [2.05, 4.69) is 19.2 Å². The fourth-order valence-corrected chi connectivity index (χ4v) is 1.79. The summed E-state index contributed by atoms with van der Waals surface area (Å²) >= 11 is 0. The van der Waals surface area contributed by atoms with Crippen LogP contribution in [0.5, 0.6) is 0 Å². The Bertz CT molecular complexity index is 103. The Balaban J connectivity index is 2.42. The molecule has 0 amide bonds. The molecule has 1 aliphatic heterocycles. The summed E-state index contributed by atoms with van der Waals surface area (Å²) in [7, 11) is 0. The molecule has 10 heavy (non-hydrogen) atoms. The quantitative estimate of drug-likeness (QED) is 0.593. The van der Waals surface area contributed by atoms with Crippen LogP contribution in [0.2, 0.25) is 0 Å². The first kappa shape index (κ1) is 8.02. The van der Waals surface area contributed by atoms with Gasteiger partial charge in [-0.3, -0.25) is 0 Å². The molecule has 0 radical (unpaired) electrons. The van der Waals surface area contributed by atoms with Gasteiger partial charge in [-0.1, -0.05) is 13.8 Å². The van der Waals surface area contributed by atoms with E-state index in [0.717, 1.165) is 6.54 Å². The van der Waals surface area contributed by atoms with Gasteiger partial charge in [-0.05, 0) is 24.8 Å². The first-order valence-electron chi connectivity index (χ1n) is 4.10. The van der Waals surface area contributed by atoms with Crippen molar-refractivity contribution < 1.29 is 5.11 Å². The molecule has 60 valence electrons. The van der Waals surface area contributed by atoms with Crippen molar-refractivity contribution in [3.8, 4) is 0 Å². The zero-order chi connectivity index (χ0) is 7.56. The second-order valence-electron chi connectivity index (χ2n) is 3.44. The maximum Gasteiger partial charge on any atom is 0.0587 e. The third-order valence-electron chi connectivity index (χ3n) is 2.45. The molecule has 0 aromatic carbocycles. The molecule has 1 rings (SSSR count). The Labute approximate surface area is 62.6 Å². The minimum Gasteiger partial charge on any atom is -0.395 e. The summed E-state index contributed by atoms with van der Waals surface area (Å²) in [4.78, 5) is 0. The van der Waals surface area contributed by atoms with Crippen molar-refractivity contribution in [1.82, 2.24) is 5.32 Å². The molecule has 2 nitrogen and oxygen atoms in total. The summed E-state index contributed by atoms with van der Waals surface area (Å²) in [5.74, 6) is 1.39. The summed E-state index contributed by atoms with van der Waals surface area (Å²) in [6.45, 7) is 5.82. The van der Waals surface area contributed by atoms with Crippen LogP contribution in [0.25, 0.3) is 0 Å². The normalized spacial score (nSPS) is 33.6. The van der Waals surface area contributed by atoms with Gasteiger partial charge in [0.1, 0.15) is 0 Å². The van der Waals surface area contributed by atoms with Crippen molar-refractivity contribution in [3.63, 3.8) is 0 Å². The van der Waals surface area contributed by atoms with Crippen molar-refractivity contribution >= 4 is 0 Å². The molecule has 0 unspecified atom stereocenters. The number of aliphatic hydroxyl groups excluding tert-OH is 1. The van der Waals surface area contributed by atoms with Gasteiger partial charge in [0.05, 0.1) is 6.61 Å². The van der Waals surface area contributed by atoms with Crippen molar-refractivity contribution in [2.45, 2.75) is 26.3 Å². The molecular formula is C8H17NO. The largest absolute Gasteiger partial charge is 0.395 e. The molecule has 1 saturated heterocycles. The van der Waals surface area contributed by atoms with Crippen molar-refractivity contribution in [2.24, 2.45) is 11.8 Å². The van der Waals surface area contributed by atoms with Gasteiger partial charge in [0, 0.05) is 6.04 Å². The minimum absolute atomic E-state index is 0.294. The SMILES string of the molecule is CC(C)[C@H]1CCN[C@@H]1CO. The zero-order valence-corrected chi connectivity index (χ0v) is 6.80. The van der Waals surface area contributed by atoms with Crippen LogP contribution in [0.4, 0.5) is 0 Å². The molecule has 1 aliphatic rings. The molecule has 0 spiro atoms. The van der Waals surface area contributed by atoms with E-state index in [1.807, 2.05) is 0 Å². The molecule has 0 bridgehead atoms. The number of nitrogens with one attached hydrogen (secondary N) is 1. The zero-order valence-electron chi connectivity index (χ0n) is 6.80. The lowest BCUT2D eigenvalue weighted by atomic mass is 9.89. The number of aliphatic hydroxyl groups is 1. The average molecular weight is 143 g/mol. The molecule has 2 atom stereocenters. The summed E-state index contributed by atoms with van der Waals surface area (Å²) < 4.78 is 0. The van der Waals surface area contributed by atoms with Crippen LogP contribution in [0.3, 0.4) is 0 Å². The number of rotatable bonds is 2. The molecule has 2 N–H and O–H groups in total. The fraction of sp³-hybridized carbons (Fsp3) is 1.00. The van der Waals surface area contributed by atoms with Crippen LogP contribution in [0, 0.1) is 11.8 Å².